The van der Waals surface area contributed by atoms with E-state index in [4.69, 9.17) is 9.47 Å². The fraction of sp³-hybridized carbons (Fsp3) is 0.692. The Kier molecular flexibility index (Phi) is 6.52. The number of rotatable bonds is 8. The molecule has 0 aliphatic carbocycles. The van der Waals surface area contributed by atoms with Crippen LogP contribution in [0.5, 0.6) is 11.8 Å². The van der Waals surface area contributed by atoms with Gasteiger partial charge in [-0.15, -0.1) is 0 Å². The molecule has 0 bridgehead atoms. The fourth-order valence-electron chi connectivity index (χ4n) is 1.92. The van der Waals surface area contributed by atoms with Crippen molar-refractivity contribution in [2.24, 2.45) is 5.92 Å². The molecule has 0 aliphatic rings. The average molecular weight is 269 g/mol. The highest BCUT2D eigenvalue weighted by Crippen LogP contribution is 2.23. The van der Waals surface area contributed by atoms with Crippen molar-refractivity contribution in [3.63, 3.8) is 0 Å². The lowest BCUT2D eigenvalue weighted by Crippen LogP contribution is -2.33. The SMILES string of the molecule is COc1ncnc(OC)c1CNC(CO)CC(C)C. The lowest BCUT2D eigenvalue weighted by atomic mass is 10.0. The van der Waals surface area contributed by atoms with Gasteiger partial charge in [0.15, 0.2) is 0 Å². The van der Waals surface area contributed by atoms with Crippen molar-refractivity contribution < 1.29 is 14.6 Å². The molecular formula is C13H23N3O3. The van der Waals surface area contributed by atoms with Crippen molar-refractivity contribution >= 4 is 0 Å². The second-order valence-electron chi connectivity index (χ2n) is 4.76. The second-order valence-corrected chi connectivity index (χ2v) is 4.76. The lowest BCUT2D eigenvalue weighted by molar-refractivity contribution is 0.222. The Hall–Kier alpha value is -1.40. The first-order valence-corrected chi connectivity index (χ1v) is 6.38. The number of methoxy groups -OCH3 is 2. The molecule has 108 valence electrons. The van der Waals surface area contributed by atoms with Gasteiger partial charge in [0.1, 0.15) is 6.33 Å². The van der Waals surface area contributed by atoms with Crippen LogP contribution in [0.2, 0.25) is 0 Å². The molecule has 19 heavy (non-hydrogen) atoms. The molecule has 0 fully saturated rings. The van der Waals surface area contributed by atoms with Gasteiger partial charge in [-0.3, -0.25) is 0 Å². The van der Waals surface area contributed by atoms with Crippen LogP contribution in [-0.2, 0) is 6.54 Å². The average Bonchev–Trinajstić information content (AvgIpc) is 2.42. The predicted octanol–water partition coefficient (Wildman–Crippen LogP) is 0.990. The van der Waals surface area contributed by atoms with Gasteiger partial charge in [-0.25, -0.2) is 9.97 Å². The summed E-state index contributed by atoms with van der Waals surface area (Å²) >= 11 is 0. The summed E-state index contributed by atoms with van der Waals surface area (Å²) in [6.45, 7) is 4.83. The maximum atomic E-state index is 9.35. The van der Waals surface area contributed by atoms with Crippen molar-refractivity contribution in [1.29, 1.82) is 0 Å². The normalized spacial score (nSPS) is 12.5. The van der Waals surface area contributed by atoms with E-state index < -0.39 is 0 Å². The van der Waals surface area contributed by atoms with E-state index in [9.17, 15) is 5.11 Å². The van der Waals surface area contributed by atoms with Crippen LogP contribution in [-0.4, -0.2) is 41.9 Å². The van der Waals surface area contributed by atoms with Gasteiger partial charge in [0.05, 0.1) is 26.4 Å². The second kappa shape index (κ2) is 7.91. The Morgan fingerprint density at radius 3 is 2.21 bits per heavy atom. The molecule has 0 saturated heterocycles. The van der Waals surface area contributed by atoms with Crippen molar-refractivity contribution in [2.45, 2.75) is 32.9 Å². The third-order valence-corrected chi connectivity index (χ3v) is 2.80. The number of aliphatic hydroxyl groups is 1. The van der Waals surface area contributed by atoms with Gasteiger partial charge in [-0.1, -0.05) is 13.8 Å². The first-order chi connectivity index (χ1) is 9.12. The van der Waals surface area contributed by atoms with Crippen LogP contribution in [0.25, 0.3) is 0 Å². The summed E-state index contributed by atoms with van der Waals surface area (Å²) in [4.78, 5) is 8.11. The largest absolute Gasteiger partial charge is 0.481 e. The highest BCUT2D eigenvalue weighted by atomic mass is 16.5. The van der Waals surface area contributed by atoms with E-state index in [0.29, 0.717) is 24.2 Å². The summed E-state index contributed by atoms with van der Waals surface area (Å²) in [7, 11) is 3.12. The van der Waals surface area contributed by atoms with Crippen molar-refractivity contribution in [3.8, 4) is 11.8 Å². The molecule has 0 saturated carbocycles. The van der Waals surface area contributed by atoms with Crippen LogP contribution in [0.3, 0.4) is 0 Å². The van der Waals surface area contributed by atoms with E-state index >= 15 is 0 Å². The molecule has 0 aliphatic heterocycles. The molecule has 0 spiro atoms. The highest BCUT2D eigenvalue weighted by Gasteiger charge is 2.15. The molecule has 0 aromatic carbocycles. The lowest BCUT2D eigenvalue weighted by Gasteiger charge is -2.19. The van der Waals surface area contributed by atoms with E-state index in [1.165, 1.54) is 6.33 Å². The van der Waals surface area contributed by atoms with Crippen LogP contribution in [0.4, 0.5) is 0 Å². The fourth-order valence-corrected chi connectivity index (χ4v) is 1.92. The van der Waals surface area contributed by atoms with Crippen LogP contribution < -0.4 is 14.8 Å². The molecular weight excluding hydrogens is 246 g/mol. The number of hydrogen-bond donors (Lipinski definition) is 2. The molecule has 0 radical (unpaired) electrons. The van der Waals surface area contributed by atoms with E-state index in [1.807, 2.05) is 0 Å². The van der Waals surface area contributed by atoms with Crippen molar-refractivity contribution in [3.05, 3.63) is 11.9 Å². The summed E-state index contributed by atoms with van der Waals surface area (Å²) in [5.41, 5.74) is 0.759. The van der Waals surface area contributed by atoms with Gasteiger partial charge in [0.2, 0.25) is 11.8 Å². The number of nitrogens with zero attached hydrogens (tertiary/aromatic N) is 2. The zero-order valence-electron chi connectivity index (χ0n) is 12.0. The Balaban J connectivity index is 2.75. The molecule has 1 rings (SSSR count). The van der Waals surface area contributed by atoms with Crippen LogP contribution in [0, 0.1) is 5.92 Å². The van der Waals surface area contributed by atoms with Gasteiger partial charge in [-0.2, -0.15) is 0 Å². The molecule has 1 aromatic heterocycles. The Bertz CT molecular complexity index is 363. The smallest absolute Gasteiger partial charge is 0.224 e. The van der Waals surface area contributed by atoms with Gasteiger partial charge in [-0.05, 0) is 12.3 Å². The summed E-state index contributed by atoms with van der Waals surface area (Å²) in [5.74, 6) is 1.49. The number of ether oxygens (including phenoxy) is 2. The molecule has 6 nitrogen and oxygen atoms in total. The van der Waals surface area contributed by atoms with Crippen molar-refractivity contribution in [1.82, 2.24) is 15.3 Å². The van der Waals surface area contributed by atoms with Crippen LogP contribution in [0.1, 0.15) is 25.8 Å². The minimum absolute atomic E-state index is 0.0367. The molecule has 1 atom stereocenters. The molecule has 0 amide bonds. The summed E-state index contributed by atoms with van der Waals surface area (Å²) in [6, 6.07) is 0.0367. The first-order valence-electron chi connectivity index (χ1n) is 6.38. The van der Waals surface area contributed by atoms with E-state index in [1.54, 1.807) is 14.2 Å². The number of hydrogen-bond acceptors (Lipinski definition) is 6. The number of nitrogens with one attached hydrogen (secondary N) is 1. The topological polar surface area (TPSA) is 76.5 Å². The zero-order valence-corrected chi connectivity index (χ0v) is 12.0. The monoisotopic (exact) mass is 269 g/mol. The van der Waals surface area contributed by atoms with E-state index in [-0.39, 0.29) is 12.6 Å². The Morgan fingerprint density at radius 2 is 1.79 bits per heavy atom. The third-order valence-electron chi connectivity index (χ3n) is 2.80. The van der Waals surface area contributed by atoms with Gasteiger partial charge >= 0.3 is 0 Å². The van der Waals surface area contributed by atoms with Gasteiger partial charge < -0.3 is 19.9 Å². The maximum Gasteiger partial charge on any atom is 0.224 e. The zero-order chi connectivity index (χ0) is 14.3. The quantitative estimate of drug-likeness (QED) is 0.733. The Morgan fingerprint density at radius 1 is 1.21 bits per heavy atom. The number of aliphatic hydroxyl groups excluding tert-OH is 1. The summed E-state index contributed by atoms with van der Waals surface area (Å²) in [6.07, 6.45) is 2.30. The van der Waals surface area contributed by atoms with Crippen LogP contribution >= 0.6 is 0 Å². The Labute approximate surface area is 114 Å². The minimum Gasteiger partial charge on any atom is -0.481 e. The third kappa shape index (κ3) is 4.65. The minimum atomic E-state index is 0.0367. The maximum absolute atomic E-state index is 9.35. The molecule has 1 unspecified atom stereocenters. The summed E-state index contributed by atoms with van der Waals surface area (Å²) < 4.78 is 10.4. The molecule has 1 aromatic rings. The van der Waals surface area contributed by atoms with Gasteiger partial charge in [0, 0.05) is 12.6 Å². The molecule has 1 heterocycles. The van der Waals surface area contributed by atoms with Crippen molar-refractivity contribution in [2.75, 3.05) is 20.8 Å². The highest BCUT2D eigenvalue weighted by molar-refractivity contribution is 5.34. The molecule has 2 N–H and O–H groups in total. The van der Waals surface area contributed by atoms with E-state index in [0.717, 1.165) is 12.0 Å². The van der Waals surface area contributed by atoms with Crippen LogP contribution in [0.15, 0.2) is 6.33 Å². The molecule has 6 heteroatoms. The van der Waals surface area contributed by atoms with E-state index in [2.05, 4.69) is 29.1 Å². The number of aromatic nitrogens is 2. The summed E-state index contributed by atoms with van der Waals surface area (Å²) in [5, 5.41) is 12.6. The standard InChI is InChI=1S/C13H23N3O3/c1-9(2)5-10(7-17)14-6-11-12(18-3)15-8-16-13(11)19-4/h8-10,14,17H,5-7H2,1-4H3. The van der Waals surface area contributed by atoms with Gasteiger partial charge in [0.25, 0.3) is 0 Å². The first kappa shape index (κ1) is 15.7. The predicted molar refractivity (Wildman–Crippen MR) is 72.3 cm³/mol.